The zero-order valence-electron chi connectivity index (χ0n) is 9.73. The first-order chi connectivity index (χ1) is 8.63. The van der Waals surface area contributed by atoms with Gasteiger partial charge in [0.2, 0.25) is 0 Å². The molecule has 1 unspecified atom stereocenters. The van der Waals surface area contributed by atoms with Crippen molar-refractivity contribution in [2.75, 3.05) is 5.32 Å². The number of amides is 2. The van der Waals surface area contributed by atoms with Gasteiger partial charge < -0.3 is 10.6 Å². The van der Waals surface area contributed by atoms with E-state index in [1.807, 2.05) is 25.1 Å². The van der Waals surface area contributed by atoms with Gasteiger partial charge in [0.25, 0.3) is 5.56 Å². The van der Waals surface area contributed by atoms with E-state index < -0.39 is 0 Å². The Morgan fingerprint density at radius 2 is 2.06 bits per heavy atom. The molecule has 2 amide bonds. The summed E-state index contributed by atoms with van der Waals surface area (Å²) in [6.45, 7) is 1.92. The second kappa shape index (κ2) is 3.76. The quantitative estimate of drug-likeness (QED) is 0.708. The molecule has 0 radical (unpaired) electrons. The van der Waals surface area contributed by atoms with Crippen molar-refractivity contribution in [3.05, 3.63) is 46.4 Å². The third-order valence-corrected chi connectivity index (χ3v) is 2.98. The third kappa shape index (κ3) is 1.67. The molecule has 0 aliphatic carbocycles. The van der Waals surface area contributed by atoms with E-state index in [1.54, 1.807) is 10.9 Å². The maximum absolute atomic E-state index is 11.3. The molecule has 1 aromatic carbocycles. The lowest BCUT2D eigenvalue weighted by atomic mass is 10.0. The molecule has 0 spiro atoms. The monoisotopic (exact) mass is 244 g/mol. The van der Waals surface area contributed by atoms with Crippen molar-refractivity contribution in [2.45, 2.75) is 13.0 Å². The normalized spacial score (nSPS) is 17.8. The first kappa shape index (κ1) is 10.6. The van der Waals surface area contributed by atoms with E-state index in [2.05, 4.69) is 15.7 Å². The maximum atomic E-state index is 11.3. The van der Waals surface area contributed by atoms with Gasteiger partial charge in [-0.1, -0.05) is 0 Å². The molecule has 0 bridgehead atoms. The first-order valence-electron chi connectivity index (χ1n) is 5.63. The maximum Gasteiger partial charge on any atom is 0.319 e. The van der Waals surface area contributed by atoms with Gasteiger partial charge in [-0.3, -0.25) is 14.6 Å². The number of benzene rings is 1. The number of anilines is 1. The lowest BCUT2D eigenvalue weighted by Crippen LogP contribution is -2.36. The van der Waals surface area contributed by atoms with Crippen LogP contribution >= 0.6 is 0 Å². The Hall–Kier alpha value is -2.50. The minimum Gasteiger partial charge on any atom is -0.331 e. The van der Waals surface area contributed by atoms with E-state index in [1.165, 1.54) is 6.07 Å². The average molecular weight is 244 g/mol. The molecule has 6 heteroatoms. The molecule has 3 rings (SSSR count). The van der Waals surface area contributed by atoms with Crippen LogP contribution in [0.15, 0.2) is 35.3 Å². The van der Waals surface area contributed by atoms with Crippen molar-refractivity contribution < 1.29 is 4.79 Å². The summed E-state index contributed by atoms with van der Waals surface area (Å²) in [6.07, 6.45) is 1.67. The Kier molecular flexibility index (Phi) is 2.22. The molecule has 0 saturated carbocycles. The number of hydrogen-bond donors (Lipinski definition) is 3. The number of aromatic amines is 1. The van der Waals surface area contributed by atoms with E-state index in [9.17, 15) is 9.59 Å². The lowest BCUT2D eigenvalue weighted by molar-refractivity contribution is 0.248. The topological polar surface area (TPSA) is 78.9 Å². The van der Waals surface area contributed by atoms with Crippen molar-refractivity contribution in [3.63, 3.8) is 0 Å². The van der Waals surface area contributed by atoms with Crippen molar-refractivity contribution >= 4 is 11.7 Å². The van der Waals surface area contributed by atoms with Gasteiger partial charge in [-0.15, -0.1) is 0 Å². The number of hydrogen-bond acceptors (Lipinski definition) is 2. The Labute approximate surface area is 103 Å². The molecule has 92 valence electrons. The van der Waals surface area contributed by atoms with Crippen molar-refractivity contribution in [2.24, 2.45) is 0 Å². The predicted molar refractivity (Wildman–Crippen MR) is 67.0 cm³/mol. The molecule has 1 aromatic heterocycles. The van der Waals surface area contributed by atoms with Gasteiger partial charge in [-0.25, -0.2) is 4.79 Å². The van der Waals surface area contributed by atoms with Gasteiger partial charge in [-0.05, 0) is 30.7 Å². The lowest BCUT2D eigenvalue weighted by Gasteiger charge is -2.25. The number of carbonyl (C=O) groups excluding carboxylic acids is 1. The van der Waals surface area contributed by atoms with Gasteiger partial charge in [0, 0.05) is 18.0 Å². The largest absolute Gasteiger partial charge is 0.331 e. The summed E-state index contributed by atoms with van der Waals surface area (Å²) in [5.74, 6) is 0. The number of carbonyl (C=O) groups is 1. The average Bonchev–Trinajstić information content (AvgIpc) is 2.75. The summed E-state index contributed by atoms with van der Waals surface area (Å²) in [6, 6.07) is 6.81. The smallest absolute Gasteiger partial charge is 0.319 e. The fourth-order valence-corrected chi connectivity index (χ4v) is 2.09. The molecule has 2 aromatic rings. The van der Waals surface area contributed by atoms with Gasteiger partial charge in [0.1, 0.15) is 0 Å². The number of urea groups is 1. The van der Waals surface area contributed by atoms with Crippen LogP contribution in [0.3, 0.4) is 0 Å². The zero-order chi connectivity index (χ0) is 12.7. The molecule has 2 heterocycles. The highest BCUT2D eigenvalue weighted by atomic mass is 16.2. The van der Waals surface area contributed by atoms with Crippen LogP contribution in [0.25, 0.3) is 5.69 Å². The second-order valence-electron chi connectivity index (χ2n) is 4.25. The van der Waals surface area contributed by atoms with Gasteiger partial charge in [0.15, 0.2) is 0 Å². The molecule has 0 saturated heterocycles. The number of aromatic nitrogens is 2. The number of fused-ring (bicyclic) bond motifs is 1. The molecule has 0 fully saturated rings. The highest BCUT2D eigenvalue weighted by Crippen LogP contribution is 2.28. The number of nitrogens with zero attached hydrogens (tertiary/aromatic N) is 1. The molecule has 1 aliphatic rings. The fraction of sp³-hybridized carbons (Fsp3) is 0.167. The van der Waals surface area contributed by atoms with Crippen LogP contribution in [0.4, 0.5) is 10.5 Å². The molecular formula is C12H12N4O2. The number of nitrogens with one attached hydrogen (secondary N) is 3. The summed E-state index contributed by atoms with van der Waals surface area (Å²) >= 11 is 0. The summed E-state index contributed by atoms with van der Waals surface area (Å²) in [7, 11) is 0. The molecule has 18 heavy (non-hydrogen) atoms. The van der Waals surface area contributed by atoms with Crippen molar-refractivity contribution in [3.8, 4) is 5.69 Å². The van der Waals surface area contributed by atoms with Gasteiger partial charge in [-0.2, -0.15) is 0 Å². The number of rotatable bonds is 1. The molecular weight excluding hydrogens is 232 g/mol. The summed E-state index contributed by atoms with van der Waals surface area (Å²) in [5.41, 5.74) is 2.49. The standard InChI is InChI=1S/C12H12N4O2/c1-7-9-6-8(16-5-4-11(17)15-16)2-3-10(9)14-12(18)13-7/h2-7H,1H3,(H,15,17)(H2,13,14,18). The van der Waals surface area contributed by atoms with Crippen LogP contribution in [-0.4, -0.2) is 15.8 Å². The van der Waals surface area contributed by atoms with E-state index >= 15 is 0 Å². The second-order valence-corrected chi connectivity index (χ2v) is 4.25. The van der Waals surface area contributed by atoms with E-state index in [4.69, 9.17) is 0 Å². The van der Waals surface area contributed by atoms with Crippen molar-refractivity contribution in [1.82, 2.24) is 15.1 Å². The minimum absolute atomic E-state index is 0.0593. The summed E-state index contributed by atoms with van der Waals surface area (Å²) < 4.78 is 1.64. The SMILES string of the molecule is CC1NC(=O)Nc2ccc(-n3ccc(=O)[nH]3)cc21. The first-order valence-corrected chi connectivity index (χ1v) is 5.63. The summed E-state index contributed by atoms with van der Waals surface area (Å²) in [5, 5.41) is 8.21. The molecule has 1 aliphatic heterocycles. The predicted octanol–water partition coefficient (Wildman–Crippen LogP) is 1.36. The van der Waals surface area contributed by atoms with Gasteiger partial charge in [0.05, 0.1) is 11.7 Å². The van der Waals surface area contributed by atoms with Crippen LogP contribution < -0.4 is 16.2 Å². The van der Waals surface area contributed by atoms with Crippen molar-refractivity contribution in [1.29, 1.82) is 0 Å². The van der Waals surface area contributed by atoms with Crippen LogP contribution in [0.5, 0.6) is 0 Å². The Morgan fingerprint density at radius 1 is 1.22 bits per heavy atom. The van der Waals surface area contributed by atoms with Crippen LogP contribution in [0.2, 0.25) is 0 Å². The molecule has 1 atom stereocenters. The van der Waals surface area contributed by atoms with E-state index in [0.29, 0.717) is 0 Å². The van der Waals surface area contributed by atoms with E-state index in [0.717, 1.165) is 16.9 Å². The van der Waals surface area contributed by atoms with Crippen LogP contribution in [-0.2, 0) is 0 Å². The third-order valence-electron chi connectivity index (χ3n) is 2.98. The van der Waals surface area contributed by atoms with E-state index in [-0.39, 0.29) is 17.6 Å². The Morgan fingerprint density at radius 3 is 2.78 bits per heavy atom. The highest BCUT2D eigenvalue weighted by Gasteiger charge is 2.20. The minimum atomic E-state index is -0.197. The number of H-pyrrole nitrogens is 1. The zero-order valence-corrected chi connectivity index (χ0v) is 9.73. The highest BCUT2D eigenvalue weighted by molar-refractivity contribution is 5.93. The fourth-order valence-electron chi connectivity index (χ4n) is 2.09. The van der Waals surface area contributed by atoms with Gasteiger partial charge >= 0.3 is 6.03 Å². The molecule has 3 N–H and O–H groups in total. The van der Waals surface area contributed by atoms with Crippen LogP contribution in [0.1, 0.15) is 18.5 Å². The Balaban J connectivity index is 2.08. The summed E-state index contributed by atoms with van der Waals surface area (Å²) in [4.78, 5) is 22.4. The van der Waals surface area contributed by atoms with Crippen LogP contribution in [0, 0.1) is 0 Å². The molecule has 6 nitrogen and oxygen atoms in total. The Bertz CT molecular complexity index is 671.